The van der Waals surface area contributed by atoms with Crippen LogP contribution < -0.4 is 10.6 Å². The molecule has 0 aliphatic carbocycles. The number of nitrogens with zero attached hydrogens (tertiary/aromatic N) is 3. The first-order chi connectivity index (χ1) is 12.3. The second-order valence-electron chi connectivity index (χ2n) is 7.61. The van der Waals surface area contributed by atoms with Gasteiger partial charge in [-0.3, -0.25) is 9.67 Å². The van der Waals surface area contributed by atoms with E-state index in [1.807, 2.05) is 14.0 Å². The first-order valence-corrected chi connectivity index (χ1v) is 9.34. The molecule has 1 aromatic heterocycles. The lowest BCUT2D eigenvalue weighted by Crippen LogP contribution is -2.43. The van der Waals surface area contributed by atoms with E-state index in [-0.39, 0.29) is 29.4 Å². The summed E-state index contributed by atoms with van der Waals surface area (Å²) in [5.74, 6) is 0.846. The summed E-state index contributed by atoms with van der Waals surface area (Å²) in [6.45, 7) is 13.4. The van der Waals surface area contributed by atoms with Gasteiger partial charge in [0, 0.05) is 37.8 Å². The quantitative estimate of drug-likeness (QED) is 0.271. The zero-order valence-corrected chi connectivity index (χ0v) is 19.8. The lowest BCUT2D eigenvalue weighted by atomic mass is 9.84. The van der Waals surface area contributed by atoms with E-state index in [0.29, 0.717) is 0 Å². The van der Waals surface area contributed by atoms with Crippen molar-refractivity contribution in [3.05, 3.63) is 52.8 Å². The molecule has 1 heterocycles. The van der Waals surface area contributed by atoms with Crippen LogP contribution in [-0.2, 0) is 12.0 Å². The molecule has 0 saturated carbocycles. The van der Waals surface area contributed by atoms with Crippen LogP contribution in [0.2, 0.25) is 0 Å². The summed E-state index contributed by atoms with van der Waals surface area (Å²) < 4.78 is 2.06. The van der Waals surface area contributed by atoms with Gasteiger partial charge in [-0.2, -0.15) is 5.10 Å². The molecule has 6 heteroatoms. The van der Waals surface area contributed by atoms with Crippen molar-refractivity contribution in [2.24, 2.45) is 4.99 Å². The molecule has 0 amide bonds. The Morgan fingerprint density at radius 3 is 2.33 bits per heavy atom. The molecule has 2 rings (SSSR count). The van der Waals surface area contributed by atoms with Crippen molar-refractivity contribution in [3.8, 4) is 0 Å². The third kappa shape index (κ3) is 7.16. The first-order valence-electron chi connectivity index (χ1n) is 9.34. The van der Waals surface area contributed by atoms with Crippen molar-refractivity contribution >= 4 is 29.9 Å². The summed E-state index contributed by atoms with van der Waals surface area (Å²) in [4.78, 5) is 4.34. The number of aromatic nitrogens is 2. The summed E-state index contributed by atoms with van der Waals surface area (Å²) in [5.41, 5.74) is 4.94. The van der Waals surface area contributed by atoms with E-state index in [0.717, 1.165) is 37.7 Å². The number of guanidine groups is 1. The monoisotopic (exact) mass is 483 g/mol. The van der Waals surface area contributed by atoms with Gasteiger partial charge in [-0.1, -0.05) is 43.7 Å². The highest BCUT2D eigenvalue weighted by molar-refractivity contribution is 14.0. The summed E-state index contributed by atoms with van der Waals surface area (Å²) in [5, 5.41) is 11.3. The predicted molar refractivity (Wildman–Crippen MR) is 125 cm³/mol. The average molecular weight is 483 g/mol. The molecular weight excluding hydrogens is 449 g/mol. The van der Waals surface area contributed by atoms with Gasteiger partial charge in [-0.05, 0) is 38.8 Å². The minimum Gasteiger partial charge on any atom is -0.356 e. The first kappa shape index (κ1) is 23.5. The number of benzene rings is 1. The van der Waals surface area contributed by atoms with Gasteiger partial charge in [0.2, 0.25) is 0 Å². The van der Waals surface area contributed by atoms with Gasteiger partial charge < -0.3 is 10.6 Å². The smallest absolute Gasteiger partial charge is 0.191 e. The van der Waals surface area contributed by atoms with Crippen LogP contribution in [0, 0.1) is 20.8 Å². The highest BCUT2D eigenvalue weighted by atomic mass is 127. The molecule has 150 valence electrons. The van der Waals surface area contributed by atoms with E-state index in [1.165, 1.54) is 16.8 Å². The second kappa shape index (κ2) is 10.7. The molecule has 0 atom stereocenters. The zero-order valence-electron chi connectivity index (χ0n) is 17.5. The van der Waals surface area contributed by atoms with Crippen LogP contribution in [0.4, 0.5) is 0 Å². The van der Waals surface area contributed by atoms with Crippen molar-refractivity contribution < 1.29 is 0 Å². The van der Waals surface area contributed by atoms with Crippen LogP contribution in [0.15, 0.2) is 35.3 Å². The van der Waals surface area contributed by atoms with Crippen LogP contribution in [0.5, 0.6) is 0 Å². The van der Waals surface area contributed by atoms with Crippen LogP contribution >= 0.6 is 24.0 Å². The Morgan fingerprint density at radius 2 is 1.78 bits per heavy atom. The fraction of sp³-hybridized carbons (Fsp3) is 0.524. The number of hydrogen-bond donors (Lipinski definition) is 2. The minimum atomic E-state index is 0. The van der Waals surface area contributed by atoms with E-state index >= 15 is 0 Å². The van der Waals surface area contributed by atoms with Crippen molar-refractivity contribution in [1.29, 1.82) is 0 Å². The van der Waals surface area contributed by atoms with Gasteiger partial charge in [0.1, 0.15) is 0 Å². The van der Waals surface area contributed by atoms with Crippen molar-refractivity contribution in [2.45, 2.75) is 53.0 Å². The highest BCUT2D eigenvalue weighted by Gasteiger charge is 2.20. The van der Waals surface area contributed by atoms with E-state index in [9.17, 15) is 0 Å². The third-order valence-electron chi connectivity index (χ3n) is 4.70. The Bertz CT molecular complexity index is 732. The Balaban J connectivity index is 0.00000364. The molecule has 0 spiro atoms. The predicted octanol–water partition coefficient (Wildman–Crippen LogP) is 3.96. The fourth-order valence-electron chi connectivity index (χ4n) is 2.97. The largest absolute Gasteiger partial charge is 0.356 e. The zero-order chi connectivity index (χ0) is 19.2. The highest BCUT2D eigenvalue weighted by Crippen LogP contribution is 2.22. The van der Waals surface area contributed by atoms with Gasteiger partial charge >= 0.3 is 0 Å². The lowest BCUT2D eigenvalue weighted by molar-refractivity contribution is 0.506. The number of halogens is 1. The van der Waals surface area contributed by atoms with E-state index in [4.69, 9.17) is 0 Å². The Kier molecular flexibility index (Phi) is 9.29. The maximum atomic E-state index is 4.50. The topological polar surface area (TPSA) is 54.2 Å². The van der Waals surface area contributed by atoms with Gasteiger partial charge in [-0.25, -0.2) is 0 Å². The molecule has 0 bridgehead atoms. The molecule has 0 aliphatic heterocycles. The molecule has 1 aromatic carbocycles. The second-order valence-corrected chi connectivity index (χ2v) is 7.61. The molecule has 0 radical (unpaired) electrons. The minimum absolute atomic E-state index is 0. The SMILES string of the molecule is CN=C(NCCCn1nc(C)cc1C)NCC(C)(C)c1ccc(C)cc1.I. The van der Waals surface area contributed by atoms with Crippen LogP contribution in [0.25, 0.3) is 0 Å². The summed E-state index contributed by atoms with van der Waals surface area (Å²) in [6, 6.07) is 10.9. The maximum absolute atomic E-state index is 4.50. The molecule has 27 heavy (non-hydrogen) atoms. The normalized spacial score (nSPS) is 11.9. The number of rotatable bonds is 7. The fourth-order valence-corrected chi connectivity index (χ4v) is 2.97. The molecule has 0 aliphatic rings. The van der Waals surface area contributed by atoms with Crippen LogP contribution in [0.3, 0.4) is 0 Å². The van der Waals surface area contributed by atoms with E-state index < -0.39 is 0 Å². The Hall–Kier alpha value is -1.57. The summed E-state index contributed by atoms with van der Waals surface area (Å²) in [6.07, 6.45) is 1.00. The summed E-state index contributed by atoms with van der Waals surface area (Å²) >= 11 is 0. The molecule has 0 saturated heterocycles. The van der Waals surface area contributed by atoms with E-state index in [2.05, 4.69) is 83.4 Å². The van der Waals surface area contributed by atoms with Crippen molar-refractivity contribution in [2.75, 3.05) is 20.1 Å². The summed E-state index contributed by atoms with van der Waals surface area (Å²) in [7, 11) is 1.81. The van der Waals surface area contributed by atoms with Crippen molar-refractivity contribution in [1.82, 2.24) is 20.4 Å². The molecule has 2 aromatic rings. The average Bonchev–Trinajstić information content (AvgIpc) is 2.92. The Labute approximate surface area is 181 Å². The third-order valence-corrected chi connectivity index (χ3v) is 4.70. The molecule has 0 fully saturated rings. The standard InChI is InChI=1S/C21H33N5.HI/c1-16-8-10-19(11-9-16)21(4,5)15-24-20(22-6)23-12-7-13-26-18(3)14-17(2)25-26;/h8-11,14H,7,12-13,15H2,1-6H3,(H2,22,23,24);1H. The van der Waals surface area contributed by atoms with Crippen molar-refractivity contribution in [3.63, 3.8) is 0 Å². The lowest BCUT2D eigenvalue weighted by Gasteiger charge is -2.27. The number of hydrogen-bond acceptors (Lipinski definition) is 2. The maximum Gasteiger partial charge on any atom is 0.191 e. The van der Waals surface area contributed by atoms with E-state index in [1.54, 1.807) is 0 Å². The van der Waals surface area contributed by atoms with Gasteiger partial charge in [0.25, 0.3) is 0 Å². The van der Waals surface area contributed by atoms with Gasteiger partial charge in [0.05, 0.1) is 5.69 Å². The molecule has 0 unspecified atom stereocenters. The molecule has 2 N–H and O–H groups in total. The van der Waals surface area contributed by atoms with Gasteiger partial charge in [-0.15, -0.1) is 24.0 Å². The number of aliphatic imine (C=N–C) groups is 1. The number of aryl methyl sites for hydroxylation is 4. The Morgan fingerprint density at radius 1 is 1.11 bits per heavy atom. The molecule has 5 nitrogen and oxygen atoms in total. The molecular formula is C21H34IN5. The number of nitrogens with one attached hydrogen (secondary N) is 2. The van der Waals surface area contributed by atoms with Gasteiger partial charge in [0.15, 0.2) is 5.96 Å². The van der Waals surface area contributed by atoms with Crippen LogP contribution in [0.1, 0.15) is 42.8 Å². The van der Waals surface area contributed by atoms with Crippen LogP contribution in [-0.4, -0.2) is 35.9 Å².